The number of benzene rings is 2. The third-order valence-corrected chi connectivity index (χ3v) is 10.1. The van der Waals surface area contributed by atoms with Gasteiger partial charge in [0.2, 0.25) is 0 Å². The van der Waals surface area contributed by atoms with Crippen LogP contribution >= 0.6 is 0 Å². The van der Waals surface area contributed by atoms with E-state index in [1.807, 2.05) is 12.1 Å². The van der Waals surface area contributed by atoms with Gasteiger partial charge in [-0.05, 0) is 124 Å². The highest BCUT2D eigenvalue weighted by molar-refractivity contribution is 5.97. The van der Waals surface area contributed by atoms with Crippen LogP contribution in [0.3, 0.4) is 0 Å². The summed E-state index contributed by atoms with van der Waals surface area (Å²) in [5.74, 6) is 1.78. The molecule has 41 heavy (non-hydrogen) atoms. The molecule has 0 radical (unpaired) electrons. The number of carboxylic acid groups (broad SMARTS) is 1. The van der Waals surface area contributed by atoms with Crippen LogP contribution in [0.2, 0.25) is 0 Å². The first kappa shape index (κ1) is 25.2. The quantitative estimate of drug-likeness (QED) is 0.470. The molecule has 1 N–H and O–H groups in total. The molecule has 2 saturated heterocycles. The highest BCUT2D eigenvalue weighted by Crippen LogP contribution is 2.54. The number of anilines is 1. The molecule has 2 aromatic rings. The number of carbonyl (C=O) groups is 1. The number of hydrogen-bond donors (Lipinski definition) is 1. The van der Waals surface area contributed by atoms with Gasteiger partial charge in [0.05, 0.1) is 18.7 Å². The predicted molar refractivity (Wildman–Crippen MR) is 160 cm³/mol. The van der Waals surface area contributed by atoms with Gasteiger partial charge in [0, 0.05) is 46.6 Å². The highest BCUT2D eigenvalue weighted by atomic mass is 16.5. The van der Waals surface area contributed by atoms with Crippen LogP contribution in [0.4, 0.5) is 5.69 Å². The van der Waals surface area contributed by atoms with Crippen LogP contribution < -0.4 is 14.4 Å². The van der Waals surface area contributed by atoms with Crippen LogP contribution in [-0.4, -0.2) is 55.3 Å². The Morgan fingerprint density at radius 3 is 2.61 bits per heavy atom. The second kappa shape index (κ2) is 9.80. The lowest BCUT2D eigenvalue weighted by atomic mass is 9.76. The molecule has 5 heterocycles. The van der Waals surface area contributed by atoms with E-state index in [0.29, 0.717) is 11.8 Å². The molecular weight excluding hydrogens is 512 g/mol. The SMILES string of the molecule is COc1ccc(C(=O)O)cc1C1=C2C=C3CCCCN4CCCC(=C2Oc2c1cc1c5c2CCCN5CCCC1)C34. The largest absolute Gasteiger partial charge is 0.496 e. The van der Waals surface area contributed by atoms with Gasteiger partial charge in [-0.3, -0.25) is 4.90 Å². The zero-order valence-electron chi connectivity index (χ0n) is 23.9. The monoisotopic (exact) mass is 550 g/mol. The van der Waals surface area contributed by atoms with E-state index in [1.165, 1.54) is 53.6 Å². The minimum atomic E-state index is -0.924. The van der Waals surface area contributed by atoms with Gasteiger partial charge >= 0.3 is 5.97 Å². The zero-order chi connectivity index (χ0) is 27.7. The first-order chi connectivity index (χ1) is 20.1. The summed E-state index contributed by atoms with van der Waals surface area (Å²) in [6.07, 6.45) is 13.7. The summed E-state index contributed by atoms with van der Waals surface area (Å²) in [6.45, 7) is 4.50. The van der Waals surface area contributed by atoms with Gasteiger partial charge in [-0.25, -0.2) is 4.79 Å². The lowest BCUT2D eigenvalue weighted by Crippen LogP contribution is -2.44. The molecule has 0 aromatic heterocycles. The molecule has 8 rings (SSSR count). The molecule has 0 bridgehead atoms. The van der Waals surface area contributed by atoms with Gasteiger partial charge < -0.3 is 19.5 Å². The normalized spacial score (nSPS) is 23.3. The smallest absolute Gasteiger partial charge is 0.335 e. The van der Waals surface area contributed by atoms with E-state index in [2.05, 4.69) is 21.9 Å². The summed E-state index contributed by atoms with van der Waals surface area (Å²) in [5.41, 5.74) is 11.4. The number of nitrogens with zero attached hydrogens (tertiary/aromatic N) is 2. The number of piperidine rings is 1. The molecule has 2 aromatic carbocycles. The van der Waals surface area contributed by atoms with Gasteiger partial charge in [0.1, 0.15) is 17.3 Å². The Morgan fingerprint density at radius 1 is 0.927 bits per heavy atom. The van der Waals surface area contributed by atoms with Crippen LogP contribution in [0, 0.1) is 0 Å². The Kier molecular flexibility index (Phi) is 6.03. The molecule has 1 aliphatic carbocycles. The summed E-state index contributed by atoms with van der Waals surface area (Å²) in [4.78, 5) is 17.5. The molecule has 2 fully saturated rings. The Morgan fingerprint density at radius 2 is 1.73 bits per heavy atom. The molecule has 6 nitrogen and oxygen atoms in total. The molecule has 0 amide bonds. The lowest BCUT2D eigenvalue weighted by molar-refractivity contribution is 0.0697. The van der Waals surface area contributed by atoms with Crippen LogP contribution in [-0.2, 0) is 12.8 Å². The third-order valence-electron chi connectivity index (χ3n) is 10.1. The molecule has 0 spiro atoms. The van der Waals surface area contributed by atoms with Gasteiger partial charge in [-0.1, -0.05) is 0 Å². The minimum Gasteiger partial charge on any atom is -0.496 e. The van der Waals surface area contributed by atoms with Crippen molar-refractivity contribution in [3.8, 4) is 11.5 Å². The van der Waals surface area contributed by atoms with E-state index in [4.69, 9.17) is 9.47 Å². The molecule has 6 aliphatic rings. The number of aryl methyl sites for hydroxylation is 1. The topological polar surface area (TPSA) is 62.2 Å². The maximum atomic E-state index is 12.2. The van der Waals surface area contributed by atoms with Gasteiger partial charge in [-0.15, -0.1) is 0 Å². The second-order valence-corrected chi connectivity index (χ2v) is 12.5. The fourth-order valence-corrected chi connectivity index (χ4v) is 8.42. The fourth-order valence-electron chi connectivity index (χ4n) is 8.42. The van der Waals surface area contributed by atoms with Crippen molar-refractivity contribution in [3.63, 3.8) is 0 Å². The average molecular weight is 551 g/mol. The van der Waals surface area contributed by atoms with Crippen LogP contribution in [0.5, 0.6) is 11.5 Å². The first-order valence-electron chi connectivity index (χ1n) is 15.6. The van der Waals surface area contributed by atoms with Crippen molar-refractivity contribution >= 4 is 17.2 Å². The summed E-state index contributed by atoms with van der Waals surface area (Å²) < 4.78 is 13.1. The zero-order valence-corrected chi connectivity index (χ0v) is 23.9. The number of allylic oxidation sites excluding steroid dienone is 1. The molecule has 212 valence electrons. The van der Waals surface area contributed by atoms with Crippen molar-refractivity contribution in [1.29, 1.82) is 0 Å². The van der Waals surface area contributed by atoms with E-state index in [0.717, 1.165) is 98.5 Å². The van der Waals surface area contributed by atoms with E-state index in [9.17, 15) is 9.90 Å². The second-order valence-electron chi connectivity index (χ2n) is 12.5. The first-order valence-corrected chi connectivity index (χ1v) is 15.6. The summed E-state index contributed by atoms with van der Waals surface area (Å²) in [7, 11) is 1.68. The van der Waals surface area contributed by atoms with E-state index in [1.54, 1.807) is 13.2 Å². The Hall–Kier alpha value is -3.51. The van der Waals surface area contributed by atoms with Gasteiger partial charge in [-0.2, -0.15) is 0 Å². The summed E-state index contributed by atoms with van der Waals surface area (Å²) in [6, 6.07) is 7.98. The standard InChI is InChI=1S/C35H38N2O4/c1-40-29-13-12-23(35(38)39)20-26(29)30-27-18-21-8-2-4-14-36-16-6-10-24(31(21)36)33(27)41-34-25-11-7-17-37-15-5-3-9-22(32(25)37)19-28(30)34/h12-13,18-20,31H,2-11,14-17H2,1H3,(H,38,39). The van der Waals surface area contributed by atoms with Crippen LogP contribution in [0.15, 0.2) is 52.8 Å². The van der Waals surface area contributed by atoms with Crippen LogP contribution in [0.1, 0.15) is 84.0 Å². The molecule has 6 heteroatoms. The number of rotatable bonds is 3. The van der Waals surface area contributed by atoms with Crippen molar-refractivity contribution in [3.05, 3.63) is 80.6 Å². The number of hydrogen-bond acceptors (Lipinski definition) is 5. The summed E-state index contributed by atoms with van der Waals surface area (Å²) >= 11 is 0. The summed E-state index contributed by atoms with van der Waals surface area (Å²) in [5, 5.41) is 10.00. The molecule has 1 unspecified atom stereocenters. The van der Waals surface area contributed by atoms with Crippen molar-refractivity contribution < 1.29 is 19.4 Å². The van der Waals surface area contributed by atoms with Crippen molar-refractivity contribution in [2.24, 2.45) is 0 Å². The van der Waals surface area contributed by atoms with E-state index >= 15 is 0 Å². The van der Waals surface area contributed by atoms with Crippen LogP contribution in [0.25, 0.3) is 5.57 Å². The van der Waals surface area contributed by atoms with E-state index < -0.39 is 5.97 Å². The third kappa shape index (κ3) is 3.90. The average Bonchev–Trinajstić information content (AvgIpc) is 3.34. The minimum absolute atomic E-state index is 0.276. The van der Waals surface area contributed by atoms with Crippen molar-refractivity contribution in [2.75, 3.05) is 38.2 Å². The fraction of sp³-hybridized carbons (Fsp3) is 0.457. The highest BCUT2D eigenvalue weighted by Gasteiger charge is 2.42. The Balaban J connectivity index is 1.46. The maximum Gasteiger partial charge on any atom is 0.335 e. The Bertz CT molecular complexity index is 1560. The number of carboxylic acids is 1. The number of ether oxygens (including phenoxy) is 2. The van der Waals surface area contributed by atoms with Crippen molar-refractivity contribution in [2.45, 2.75) is 70.3 Å². The Labute approximate surface area is 241 Å². The molecule has 0 saturated carbocycles. The number of fused-ring (bicyclic) bond motifs is 3. The lowest BCUT2D eigenvalue weighted by Gasteiger charge is -2.43. The maximum absolute atomic E-state index is 12.2. The molecular formula is C35H38N2O4. The molecule has 1 atom stereocenters. The predicted octanol–water partition coefficient (Wildman–Crippen LogP) is 6.52. The van der Waals surface area contributed by atoms with E-state index in [-0.39, 0.29) is 5.56 Å². The van der Waals surface area contributed by atoms with Crippen molar-refractivity contribution in [1.82, 2.24) is 4.90 Å². The number of methoxy groups -OCH3 is 1. The van der Waals surface area contributed by atoms with Gasteiger partial charge in [0.25, 0.3) is 0 Å². The van der Waals surface area contributed by atoms with Gasteiger partial charge in [0.15, 0.2) is 0 Å². The number of aromatic carboxylic acids is 1. The molecule has 5 aliphatic heterocycles.